The van der Waals surface area contributed by atoms with Crippen molar-refractivity contribution in [1.29, 1.82) is 0 Å². The van der Waals surface area contributed by atoms with Crippen molar-refractivity contribution in [2.24, 2.45) is 0 Å². The standard InChI is InChI=1S/C13H18O3/c1-4-5-9-6-10(8(2)3)7-11(12(9)14)13(15)16/h6-8,14H,4-5H2,1-3H3,(H,15,16). The zero-order valence-electron chi connectivity index (χ0n) is 9.95. The summed E-state index contributed by atoms with van der Waals surface area (Å²) < 4.78 is 0. The molecule has 0 fully saturated rings. The minimum absolute atomic E-state index is 0.00894. The molecule has 88 valence electrons. The first-order chi connectivity index (χ1) is 7.47. The zero-order chi connectivity index (χ0) is 12.3. The molecule has 0 saturated heterocycles. The van der Waals surface area contributed by atoms with Crippen LogP contribution in [0.15, 0.2) is 12.1 Å². The summed E-state index contributed by atoms with van der Waals surface area (Å²) in [5.74, 6) is -0.898. The number of carboxylic acids is 1. The highest BCUT2D eigenvalue weighted by Crippen LogP contribution is 2.29. The number of hydrogen-bond donors (Lipinski definition) is 2. The summed E-state index contributed by atoms with van der Waals surface area (Å²) in [4.78, 5) is 11.0. The Morgan fingerprint density at radius 3 is 2.44 bits per heavy atom. The molecule has 0 atom stereocenters. The lowest BCUT2D eigenvalue weighted by Gasteiger charge is -2.12. The maximum absolute atomic E-state index is 11.0. The molecule has 0 amide bonds. The van der Waals surface area contributed by atoms with E-state index in [2.05, 4.69) is 0 Å². The van der Waals surface area contributed by atoms with E-state index in [1.807, 2.05) is 26.8 Å². The molecule has 0 aliphatic carbocycles. The molecule has 3 heteroatoms. The molecule has 3 nitrogen and oxygen atoms in total. The van der Waals surface area contributed by atoms with Gasteiger partial charge in [-0.3, -0.25) is 0 Å². The van der Waals surface area contributed by atoms with Crippen LogP contribution in [-0.4, -0.2) is 16.2 Å². The molecule has 0 aliphatic rings. The maximum atomic E-state index is 11.0. The number of aromatic hydroxyl groups is 1. The molecule has 0 aliphatic heterocycles. The summed E-state index contributed by atoms with van der Waals surface area (Å²) >= 11 is 0. The van der Waals surface area contributed by atoms with Gasteiger partial charge in [0, 0.05) is 0 Å². The third-order valence-corrected chi connectivity index (χ3v) is 2.63. The van der Waals surface area contributed by atoms with Crippen LogP contribution in [-0.2, 0) is 6.42 Å². The lowest BCUT2D eigenvalue weighted by atomic mass is 9.95. The SMILES string of the molecule is CCCc1cc(C(C)C)cc(C(=O)O)c1O. The summed E-state index contributed by atoms with van der Waals surface area (Å²) in [5.41, 5.74) is 1.69. The van der Waals surface area contributed by atoms with Crippen LogP contribution in [0.5, 0.6) is 5.75 Å². The summed E-state index contributed by atoms with van der Waals surface area (Å²) in [6, 6.07) is 3.46. The van der Waals surface area contributed by atoms with E-state index in [0.717, 1.165) is 17.5 Å². The molecular formula is C13H18O3. The van der Waals surface area contributed by atoms with E-state index in [1.54, 1.807) is 6.07 Å². The number of aromatic carboxylic acids is 1. The van der Waals surface area contributed by atoms with Crippen molar-refractivity contribution in [2.75, 3.05) is 0 Å². The van der Waals surface area contributed by atoms with Crippen LogP contribution in [0.25, 0.3) is 0 Å². The van der Waals surface area contributed by atoms with Crippen molar-refractivity contribution in [3.05, 3.63) is 28.8 Å². The number of benzene rings is 1. The summed E-state index contributed by atoms with van der Waals surface area (Å²) in [7, 11) is 0. The molecule has 1 aromatic carbocycles. The Bertz CT molecular complexity index is 394. The fourth-order valence-corrected chi connectivity index (χ4v) is 1.68. The van der Waals surface area contributed by atoms with Crippen molar-refractivity contribution < 1.29 is 15.0 Å². The molecule has 1 rings (SSSR count). The van der Waals surface area contributed by atoms with Crippen LogP contribution in [0, 0.1) is 0 Å². The van der Waals surface area contributed by atoms with Crippen LogP contribution in [0.2, 0.25) is 0 Å². The normalized spacial score (nSPS) is 10.8. The van der Waals surface area contributed by atoms with E-state index in [1.165, 1.54) is 0 Å². The molecule has 0 aromatic heterocycles. The van der Waals surface area contributed by atoms with Crippen molar-refractivity contribution in [3.8, 4) is 5.75 Å². The average molecular weight is 222 g/mol. The Morgan fingerprint density at radius 1 is 1.38 bits per heavy atom. The number of hydrogen-bond acceptors (Lipinski definition) is 2. The predicted molar refractivity (Wildman–Crippen MR) is 63.2 cm³/mol. The fraction of sp³-hybridized carbons (Fsp3) is 0.462. The molecule has 1 aromatic rings. The average Bonchev–Trinajstić information content (AvgIpc) is 2.20. The van der Waals surface area contributed by atoms with Gasteiger partial charge >= 0.3 is 5.97 Å². The Kier molecular flexibility index (Phi) is 3.93. The van der Waals surface area contributed by atoms with E-state index in [-0.39, 0.29) is 17.2 Å². The van der Waals surface area contributed by atoms with E-state index >= 15 is 0 Å². The van der Waals surface area contributed by atoms with Gasteiger partial charge in [0.25, 0.3) is 0 Å². The second-order valence-electron chi connectivity index (χ2n) is 4.29. The van der Waals surface area contributed by atoms with Crippen molar-refractivity contribution >= 4 is 5.97 Å². The highest BCUT2D eigenvalue weighted by Gasteiger charge is 2.16. The second-order valence-corrected chi connectivity index (χ2v) is 4.29. The van der Waals surface area contributed by atoms with Gasteiger partial charge in [-0.05, 0) is 29.5 Å². The van der Waals surface area contributed by atoms with Crippen molar-refractivity contribution in [2.45, 2.75) is 39.5 Å². The summed E-state index contributed by atoms with van der Waals surface area (Å²) in [6.07, 6.45) is 1.58. The van der Waals surface area contributed by atoms with Gasteiger partial charge < -0.3 is 10.2 Å². The quantitative estimate of drug-likeness (QED) is 0.822. The molecule has 16 heavy (non-hydrogen) atoms. The van der Waals surface area contributed by atoms with Crippen LogP contribution in [0.4, 0.5) is 0 Å². The first-order valence-corrected chi connectivity index (χ1v) is 5.56. The topological polar surface area (TPSA) is 57.5 Å². The smallest absolute Gasteiger partial charge is 0.339 e. The number of rotatable bonds is 4. The number of carbonyl (C=O) groups is 1. The Balaban J connectivity index is 3.32. The van der Waals surface area contributed by atoms with Crippen LogP contribution in [0.3, 0.4) is 0 Å². The molecule has 2 N–H and O–H groups in total. The van der Waals surface area contributed by atoms with E-state index in [0.29, 0.717) is 6.42 Å². The van der Waals surface area contributed by atoms with E-state index in [9.17, 15) is 9.90 Å². The first-order valence-electron chi connectivity index (χ1n) is 5.56. The van der Waals surface area contributed by atoms with Gasteiger partial charge in [-0.2, -0.15) is 0 Å². The Morgan fingerprint density at radius 2 is 2.00 bits per heavy atom. The molecule has 0 spiro atoms. The first kappa shape index (κ1) is 12.6. The van der Waals surface area contributed by atoms with Crippen molar-refractivity contribution in [1.82, 2.24) is 0 Å². The minimum Gasteiger partial charge on any atom is -0.507 e. The van der Waals surface area contributed by atoms with Gasteiger partial charge in [0.15, 0.2) is 0 Å². The largest absolute Gasteiger partial charge is 0.507 e. The second kappa shape index (κ2) is 5.01. The van der Waals surface area contributed by atoms with Crippen LogP contribution >= 0.6 is 0 Å². The lowest BCUT2D eigenvalue weighted by Crippen LogP contribution is -2.02. The predicted octanol–water partition coefficient (Wildman–Crippen LogP) is 3.17. The molecule has 0 radical (unpaired) electrons. The summed E-state index contributed by atoms with van der Waals surface area (Å²) in [6.45, 7) is 6.02. The number of phenols is 1. The highest BCUT2D eigenvalue weighted by atomic mass is 16.4. The summed E-state index contributed by atoms with van der Waals surface area (Å²) in [5, 5.41) is 18.8. The Labute approximate surface area is 95.7 Å². The maximum Gasteiger partial charge on any atom is 0.339 e. The minimum atomic E-state index is -1.07. The van der Waals surface area contributed by atoms with Gasteiger partial charge in [-0.25, -0.2) is 4.79 Å². The van der Waals surface area contributed by atoms with Crippen LogP contribution < -0.4 is 0 Å². The van der Waals surface area contributed by atoms with E-state index < -0.39 is 5.97 Å². The third-order valence-electron chi connectivity index (χ3n) is 2.63. The monoisotopic (exact) mass is 222 g/mol. The Hall–Kier alpha value is -1.51. The van der Waals surface area contributed by atoms with Crippen LogP contribution in [0.1, 0.15) is 54.6 Å². The van der Waals surface area contributed by atoms with Gasteiger partial charge in [0.05, 0.1) is 0 Å². The molecular weight excluding hydrogens is 204 g/mol. The molecule has 0 saturated carbocycles. The van der Waals surface area contributed by atoms with Gasteiger partial charge in [0.1, 0.15) is 11.3 Å². The number of aryl methyl sites for hydroxylation is 1. The number of carboxylic acid groups (broad SMARTS) is 1. The highest BCUT2D eigenvalue weighted by molar-refractivity contribution is 5.91. The zero-order valence-corrected chi connectivity index (χ0v) is 9.95. The van der Waals surface area contributed by atoms with E-state index in [4.69, 9.17) is 5.11 Å². The lowest BCUT2D eigenvalue weighted by molar-refractivity contribution is 0.0693. The molecule has 0 bridgehead atoms. The molecule has 0 unspecified atom stereocenters. The third kappa shape index (κ3) is 2.54. The van der Waals surface area contributed by atoms with Gasteiger partial charge in [-0.1, -0.05) is 33.3 Å². The van der Waals surface area contributed by atoms with Gasteiger partial charge in [0.2, 0.25) is 0 Å². The van der Waals surface area contributed by atoms with Gasteiger partial charge in [-0.15, -0.1) is 0 Å². The van der Waals surface area contributed by atoms with Crippen molar-refractivity contribution in [3.63, 3.8) is 0 Å². The molecule has 0 heterocycles. The fourth-order valence-electron chi connectivity index (χ4n) is 1.68.